The van der Waals surface area contributed by atoms with E-state index >= 15 is 0 Å². The van der Waals surface area contributed by atoms with Crippen molar-refractivity contribution in [2.75, 3.05) is 7.11 Å². The van der Waals surface area contributed by atoms with E-state index < -0.39 is 0 Å². The largest absolute Gasteiger partial charge is 0.481 e. The molecule has 1 aromatic carbocycles. The fraction of sp³-hybridized carbons (Fsp3) is 0.118. The van der Waals surface area contributed by atoms with Crippen molar-refractivity contribution in [3.05, 3.63) is 51.7 Å². The first-order valence-electron chi connectivity index (χ1n) is 7.24. The number of hydrogen-bond acceptors (Lipinski definition) is 4. The molecule has 0 atom stereocenters. The van der Waals surface area contributed by atoms with Crippen molar-refractivity contribution in [2.45, 2.75) is 6.92 Å². The fourth-order valence-corrected chi connectivity index (χ4v) is 3.62. The molecule has 0 radical (unpaired) electrons. The number of benzene rings is 1. The van der Waals surface area contributed by atoms with Gasteiger partial charge in [-0.3, -0.25) is 4.40 Å². The lowest BCUT2D eigenvalue weighted by molar-refractivity contribution is 0.399. The smallest absolute Gasteiger partial charge is 0.215 e. The van der Waals surface area contributed by atoms with E-state index in [0.717, 1.165) is 28.1 Å². The van der Waals surface area contributed by atoms with E-state index in [1.54, 1.807) is 13.2 Å². The average Bonchev–Trinajstić information content (AvgIpc) is 2.93. The summed E-state index contributed by atoms with van der Waals surface area (Å²) in [5.41, 5.74) is 3.95. The van der Waals surface area contributed by atoms with Gasteiger partial charge in [0.1, 0.15) is 21.5 Å². The van der Waals surface area contributed by atoms with Crippen LogP contribution in [0.2, 0.25) is 5.02 Å². The number of halogens is 2. The summed E-state index contributed by atoms with van der Waals surface area (Å²) in [5.74, 6) is 1.24. The van der Waals surface area contributed by atoms with Crippen LogP contribution in [0.15, 0.2) is 41.0 Å². The van der Waals surface area contributed by atoms with Gasteiger partial charge in [-0.15, -0.1) is 0 Å². The van der Waals surface area contributed by atoms with E-state index in [0.29, 0.717) is 21.2 Å². The Morgan fingerprint density at radius 2 is 1.88 bits per heavy atom. The lowest BCUT2D eigenvalue weighted by Crippen LogP contribution is -1.99. The summed E-state index contributed by atoms with van der Waals surface area (Å²) in [6.45, 7) is 1.94. The SMILES string of the molecule is COc1ccc2nc(Br)c3c(C)nc(-c4ccccc4Cl)n3c2n1. The normalized spacial score (nSPS) is 11.3. The van der Waals surface area contributed by atoms with E-state index in [2.05, 4.69) is 25.9 Å². The number of aromatic nitrogens is 4. The molecule has 0 aliphatic heterocycles. The zero-order valence-electron chi connectivity index (χ0n) is 12.9. The Morgan fingerprint density at radius 1 is 1.08 bits per heavy atom. The molecule has 3 heterocycles. The summed E-state index contributed by atoms with van der Waals surface area (Å²) in [7, 11) is 1.59. The summed E-state index contributed by atoms with van der Waals surface area (Å²) in [4.78, 5) is 13.9. The Labute approximate surface area is 151 Å². The molecular weight excluding hydrogens is 392 g/mol. The maximum absolute atomic E-state index is 6.39. The molecule has 120 valence electrons. The summed E-state index contributed by atoms with van der Waals surface area (Å²) in [6.07, 6.45) is 0. The molecule has 5 nitrogen and oxygen atoms in total. The van der Waals surface area contributed by atoms with Gasteiger partial charge in [0.2, 0.25) is 5.88 Å². The van der Waals surface area contributed by atoms with Crippen LogP contribution in [-0.2, 0) is 0 Å². The van der Waals surface area contributed by atoms with Crippen LogP contribution in [-0.4, -0.2) is 26.5 Å². The molecular formula is C17H12BrClN4O. The fourth-order valence-electron chi connectivity index (χ4n) is 2.75. The highest BCUT2D eigenvalue weighted by atomic mass is 79.9. The van der Waals surface area contributed by atoms with Crippen molar-refractivity contribution in [2.24, 2.45) is 0 Å². The van der Waals surface area contributed by atoms with Crippen LogP contribution in [0.1, 0.15) is 5.69 Å². The molecule has 0 aliphatic carbocycles. The van der Waals surface area contributed by atoms with Crippen LogP contribution in [0.4, 0.5) is 0 Å². The number of rotatable bonds is 2. The zero-order chi connectivity index (χ0) is 16.8. The van der Waals surface area contributed by atoms with Crippen molar-refractivity contribution in [3.8, 4) is 17.3 Å². The van der Waals surface area contributed by atoms with Crippen LogP contribution in [0, 0.1) is 6.92 Å². The van der Waals surface area contributed by atoms with Crippen molar-refractivity contribution in [1.29, 1.82) is 0 Å². The maximum atomic E-state index is 6.39. The van der Waals surface area contributed by atoms with Gasteiger partial charge in [-0.25, -0.2) is 9.97 Å². The van der Waals surface area contributed by atoms with E-state index in [1.807, 2.05) is 41.7 Å². The third-order valence-corrected chi connectivity index (χ3v) is 4.71. The van der Waals surface area contributed by atoms with Crippen LogP contribution in [0.25, 0.3) is 28.1 Å². The summed E-state index contributed by atoms with van der Waals surface area (Å²) in [5, 5.41) is 0.633. The highest BCUT2D eigenvalue weighted by Gasteiger charge is 2.19. The van der Waals surface area contributed by atoms with Crippen LogP contribution in [0.5, 0.6) is 5.88 Å². The van der Waals surface area contributed by atoms with Crippen LogP contribution in [0.3, 0.4) is 0 Å². The number of imidazole rings is 1. The van der Waals surface area contributed by atoms with Gasteiger partial charge < -0.3 is 4.74 Å². The second-order valence-electron chi connectivity index (χ2n) is 5.28. The monoisotopic (exact) mass is 402 g/mol. The predicted octanol–water partition coefficient (Wildman–Crippen LogP) is 4.68. The Morgan fingerprint density at radius 3 is 2.62 bits per heavy atom. The van der Waals surface area contributed by atoms with Crippen molar-refractivity contribution in [3.63, 3.8) is 0 Å². The van der Waals surface area contributed by atoms with Gasteiger partial charge >= 0.3 is 0 Å². The Bertz CT molecular complexity index is 1090. The number of pyridine rings is 1. The van der Waals surface area contributed by atoms with E-state index in [4.69, 9.17) is 21.3 Å². The summed E-state index contributed by atoms with van der Waals surface area (Å²) < 4.78 is 7.94. The van der Waals surface area contributed by atoms with E-state index in [9.17, 15) is 0 Å². The van der Waals surface area contributed by atoms with Gasteiger partial charge in [0.15, 0.2) is 5.65 Å². The third-order valence-electron chi connectivity index (χ3n) is 3.83. The van der Waals surface area contributed by atoms with Crippen molar-refractivity contribution in [1.82, 2.24) is 19.4 Å². The minimum Gasteiger partial charge on any atom is -0.481 e. The third kappa shape index (κ3) is 2.25. The van der Waals surface area contributed by atoms with Gasteiger partial charge in [0, 0.05) is 11.6 Å². The molecule has 0 fully saturated rings. The predicted molar refractivity (Wildman–Crippen MR) is 97.7 cm³/mol. The number of ether oxygens (including phenoxy) is 1. The zero-order valence-corrected chi connectivity index (χ0v) is 15.3. The number of fused-ring (bicyclic) bond motifs is 3. The molecule has 4 rings (SSSR count). The average molecular weight is 404 g/mol. The molecule has 0 saturated carbocycles. The summed E-state index contributed by atoms with van der Waals surface area (Å²) >= 11 is 9.94. The topological polar surface area (TPSA) is 52.3 Å². The minimum atomic E-state index is 0.518. The second-order valence-corrected chi connectivity index (χ2v) is 6.44. The molecule has 0 unspecified atom stereocenters. The first-order chi connectivity index (χ1) is 11.6. The van der Waals surface area contributed by atoms with Crippen LogP contribution >= 0.6 is 27.5 Å². The highest BCUT2D eigenvalue weighted by Crippen LogP contribution is 2.33. The molecule has 7 heteroatoms. The first-order valence-corrected chi connectivity index (χ1v) is 8.41. The highest BCUT2D eigenvalue weighted by molar-refractivity contribution is 9.10. The standard InChI is InChI=1S/C17H12BrClN4O/c1-9-14-15(18)21-12-7-8-13(24-2)22-17(12)23(14)16(20-9)10-5-3-4-6-11(10)19/h3-8H,1-2H3. The van der Waals surface area contributed by atoms with E-state index in [1.165, 1.54) is 0 Å². The molecule has 0 N–H and O–H groups in total. The van der Waals surface area contributed by atoms with E-state index in [-0.39, 0.29) is 0 Å². The molecule has 0 aliphatic rings. The van der Waals surface area contributed by atoms with Gasteiger partial charge in [0.25, 0.3) is 0 Å². The lowest BCUT2D eigenvalue weighted by atomic mass is 10.2. The van der Waals surface area contributed by atoms with Gasteiger partial charge in [0.05, 0.1) is 17.8 Å². The number of methoxy groups -OCH3 is 1. The number of nitrogens with zero attached hydrogens (tertiary/aromatic N) is 4. The molecule has 3 aromatic heterocycles. The number of hydrogen-bond donors (Lipinski definition) is 0. The molecule has 4 aromatic rings. The lowest BCUT2D eigenvalue weighted by Gasteiger charge is -2.09. The van der Waals surface area contributed by atoms with Crippen molar-refractivity contribution >= 4 is 44.2 Å². The minimum absolute atomic E-state index is 0.518. The molecule has 0 bridgehead atoms. The van der Waals surface area contributed by atoms with Crippen LogP contribution < -0.4 is 4.74 Å². The molecule has 24 heavy (non-hydrogen) atoms. The van der Waals surface area contributed by atoms with Crippen molar-refractivity contribution < 1.29 is 4.74 Å². The Kier molecular flexibility index (Phi) is 3.66. The van der Waals surface area contributed by atoms with Gasteiger partial charge in [-0.1, -0.05) is 23.7 Å². The molecule has 0 saturated heterocycles. The Hall–Kier alpha value is -2.18. The van der Waals surface area contributed by atoms with Gasteiger partial charge in [-0.2, -0.15) is 4.98 Å². The quantitative estimate of drug-likeness (QED) is 0.488. The maximum Gasteiger partial charge on any atom is 0.215 e. The summed E-state index contributed by atoms with van der Waals surface area (Å²) in [6, 6.07) is 11.3. The molecule has 0 spiro atoms. The molecule has 0 amide bonds. The first kappa shape index (κ1) is 15.4. The second kappa shape index (κ2) is 5.72. The number of aryl methyl sites for hydroxylation is 1. The Balaban J connectivity index is 2.21. The van der Waals surface area contributed by atoms with Gasteiger partial charge in [-0.05, 0) is 41.1 Å².